The molecule has 1 atom stereocenters. The Balaban J connectivity index is 2.23. The summed E-state index contributed by atoms with van der Waals surface area (Å²) >= 11 is 2.70. The number of aromatic nitrogens is 2. The Morgan fingerprint density at radius 2 is 2.05 bits per heavy atom. The van der Waals surface area contributed by atoms with E-state index in [2.05, 4.69) is 32.6 Å². The highest BCUT2D eigenvalue weighted by Gasteiger charge is 2.20. The number of halogens is 4. The highest BCUT2D eigenvalue weighted by atomic mass is 127. The van der Waals surface area contributed by atoms with Gasteiger partial charge >= 0.3 is 0 Å². The molecule has 2 rings (SSSR count). The maximum absolute atomic E-state index is 14.0. The molecule has 0 aliphatic heterocycles. The quantitative estimate of drug-likeness (QED) is 0.436. The van der Waals surface area contributed by atoms with E-state index >= 15 is 0 Å². The largest absolute Gasteiger partial charge is 0.230 e. The monoisotopic (exact) mass is 396 g/mol. The highest BCUT2D eigenvalue weighted by Crippen LogP contribution is 2.36. The van der Waals surface area contributed by atoms with Crippen molar-refractivity contribution in [1.82, 2.24) is 9.97 Å². The molecule has 2 nitrogen and oxygen atoms in total. The molecule has 0 aliphatic carbocycles. The Morgan fingerprint density at radius 3 is 2.74 bits per heavy atom. The van der Waals surface area contributed by atoms with Crippen molar-refractivity contribution in [3.05, 3.63) is 50.9 Å². The molecule has 2 aromatic rings. The minimum atomic E-state index is -1.75. The molecular weight excluding hydrogens is 388 g/mol. The Hall–Kier alpha value is -0.830. The lowest BCUT2D eigenvalue weighted by Crippen LogP contribution is -1.98. The predicted octanol–water partition coefficient (Wildman–Crippen LogP) is 4.43. The summed E-state index contributed by atoms with van der Waals surface area (Å²) in [4.78, 5) is 8.02. The molecule has 0 saturated heterocycles. The van der Waals surface area contributed by atoms with Crippen molar-refractivity contribution >= 4 is 34.4 Å². The summed E-state index contributed by atoms with van der Waals surface area (Å²) < 4.78 is 41.3. The molecule has 0 radical (unpaired) electrons. The van der Waals surface area contributed by atoms with Crippen LogP contribution < -0.4 is 0 Å². The van der Waals surface area contributed by atoms with E-state index in [1.54, 1.807) is 13.1 Å². The highest BCUT2D eigenvalue weighted by molar-refractivity contribution is 14.1. The van der Waals surface area contributed by atoms with E-state index in [9.17, 15) is 13.2 Å². The van der Waals surface area contributed by atoms with Gasteiger partial charge in [0, 0.05) is 11.8 Å². The van der Waals surface area contributed by atoms with Crippen LogP contribution in [0.3, 0.4) is 0 Å². The zero-order chi connectivity index (χ0) is 14.0. The zero-order valence-corrected chi connectivity index (χ0v) is 12.7. The molecule has 1 heterocycles. The summed E-state index contributed by atoms with van der Waals surface area (Å²) in [6.07, 6.45) is 1.56. The number of nitrogens with zero attached hydrogens (tertiary/aromatic N) is 2. The van der Waals surface area contributed by atoms with E-state index in [4.69, 9.17) is 0 Å². The molecule has 0 saturated carbocycles. The number of rotatable bonds is 3. The minimum Gasteiger partial charge on any atom is -0.230 e. The molecule has 0 N–H and O–H groups in total. The smallest absolute Gasteiger partial charge is 0.190 e. The lowest BCUT2D eigenvalue weighted by atomic mass is 10.2. The van der Waals surface area contributed by atoms with Gasteiger partial charge in [-0.2, -0.15) is 0 Å². The minimum absolute atomic E-state index is 0.189. The Labute approximate surface area is 126 Å². The van der Waals surface area contributed by atoms with Gasteiger partial charge in [-0.15, -0.1) is 0 Å². The molecule has 0 bridgehead atoms. The first-order valence-electron chi connectivity index (χ1n) is 5.23. The van der Waals surface area contributed by atoms with Crippen molar-refractivity contribution in [2.75, 3.05) is 0 Å². The van der Waals surface area contributed by atoms with Gasteiger partial charge in [-0.1, -0.05) is 12.1 Å². The van der Waals surface area contributed by atoms with Crippen molar-refractivity contribution in [3.63, 3.8) is 0 Å². The number of hydrogen-bond donors (Lipinski definition) is 0. The van der Waals surface area contributed by atoms with Crippen molar-refractivity contribution < 1.29 is 13.2 Å². The fourth-order valence-electron chi connectivity index (χ4n) is 1.34. The van der Waals surface area contributed by atoms with Gasteiger partial charge in [-0.3, -0.25) is 0 Å². The first-order chi connectivity index (χ1) is 8.99. The average molecular weight is 396 g/mol. The second kappa shape index (κ2) is 6.08. The second-order valence-corrected chi connectivity index (χ2v) is 5.84. The predicted molar refractivity (Wildman–Crippen MR) is 75.6 cm³/mol. The van der Waals surface area contributed by atoms with Crippen LogP contribution in [0.1, 0.15) is 16.8 Å². The molecule has 1 aromatic carbocycles. The number of hydrogen-bond acceptors (Lipinski definition) is 3. The standard InChI is InChI=1S/C12H8F3IN2S/c1-6-9(16)5-17-12(18-6)19-11(15)7-3-2-4-8(13)10(7)14/h2-5,11H,1H3. The van der Waals surface area contributed by atoms with Crippen molar-refractivity contribution in [3.8, 4) is 0 Å². The second-order valence-electron chi connectivity index (χ2n) is 3.66. The van der Waals surface area contributed by atoms with Crippen LogP contribution in [0.2, 0.25) is 0 Å². The van der Waals surface area contributed by atoms with Gasteiger partial charge in [0.1, 0.15) is 0 Å². The molecule has 1 unspecified atom stereocenters. The van der Waals surface area contributed by atoms with Crippen molar-refractivity contribution in [2.24, 2.45) is 0 Å². The van der Waals surface area contributed by atoms with E-state index in [0.717, 1.165) is 9.64 Å². The van der Waals surface area contributed by atoms with Crippen LogP contribution in [-0.2, 0) is 0 Å². The van der Waals surface area contributed by atoms with Crippen LogP contribution in [0.15, 0.2) is 29.6 Å². The van der Waals surface area contributed by atoms with Crippen LogP contribution >= 0.6 is 34.4 Å². The van der Waals surface area contributed by atoms with Crippen molar-refractivity contribution in [1.29, 1.82) is 0 Å². The fraction of sp³-hybridized carbons (Fsp3) is 0.167. The van der Waals surface area contributed by atoms with Gasteiger partial charge in [0.2, 0.25) is 0 Å². The fourth-order valence-corrected chi connectivity index (χ4v) is 2.40. The van der Waals surface area contributed by atoms with Crippen LogP contribution in [-0.4, -0.2) is 9.97 Å². The molecule has 0 fully saturated rings. The first-order valence-corrected chi connectivity index (χ1v) is 7.18. The third-order valence-corrected chi connectivity index (χ3v) is 4.26. The summed E-state index contributed by atoms with van der Waals surface area (Å²) in [5, 5.41) is 0.189. The maximum atomic E-state index is 14.0. The van der Waals surface area contributed by atoms with Gasteiger partial charge in [0.15, 0.2) is 22.3 Å². The summed E-state index contributed by atoms with van der Waals surface area (Å²) in [7, 11) is 0. The average Bonchev–Trinajstić information content (AvgIpc) is 2.37. The van der Waals surface area contributed by atoms with E-state index in [1.165, 1.54) is 12.1 Å². The van der Waals surface area contributed by atoms with E-state index in [0.29, 0.717) is 17.5 Å². The summed E-state index contributed by atoms with van der Waals surface area (Å²) in [6, 6.07) is 3.41. The van der Waals surface area contributed by atoms with E-state index in [-0.39, 0.29) is 10.7 Å². The molecular formula is C12H8F3IN2S. The molecule has 100 valence electrons. The normalized spacial score (nSPS) is 12.5. The van der Waals surface area contributed by atoms with Gasteiger partial charge in [-0.25, -0.2) is 23.1 Å². The third-order valence-electron chi connectivity index (χ3n) is 2.33. The molecule has 7 heteroatoms. The zero-order valence-electron chi connectivity index (χ0n) is 9.70. The molecule has 19 heavy (non-hydrogen) atoms. The maximum Gasteiger partial charge on any atom is 0.190 e. The van der Waals surface area contributed by atoms with Crippen LogP contribution in [0.25, 0.3) is 0 Å². The van der Waals surface area contributed by atoms with Crippen molar-refractivity contribution in [2.45, 2.75) is 17.6 Å². The van der Waals surface area contributed by atoms with E-state index < -0.39 is 17.1 Å². The third kappa shape index (κ3) is 3.38. The van der Waals surface area contributed by atoms with Gasteiger partial charge in [-0.05, 0) is 47.3 Å². The molecule has 1 aromatic heterocycles. The number of alkyl halides is 1. The number of benzene rings is 1. The van der Waals surface area contributed by atoms with Crippen LogP contribution in [0, 0.1) is 22.1 Å². The number of thioether (sulfide) groups is 1. The first kappa shape index (κ1) is 14.6. The summed E-state index contributed by atoms with van der Waals surface area (Å²) in [5.74, 6) is -2.25. The summed E-state index contributed by atoms with van der Waals surface area (Å²) in [5.41, 5.74) is -1.38. The lowest BCUT2D eigenvalue weighted by Gasteiger charge is -2.09. The van der Waals surface area contributed by atoms with Crippen LogP contribution in [0.4, 0.5) is 13.2 Å². The molecule has 0 amide bonds. The van der Waals surface area contributed by atoms with Gasteiger partial charge < -0.3 is 0 Å². The Bertz CT molecular complexity index is 610. The Kier molecular flexibility index (Phi) is 4.67. The number of aryl methyl sites for hydroxylation is 1. The molecule has 0 aliphatic rings. The van der Waals surface area contributed by atoms with Crippen LogP contribution in [0.5, 0.6) is 0 Å². The summed E-state index contributed by atoms with van der Waals surface area (Å²) in [6.45, 7) is 1.77. The van der Waals surface area contributed by atoms with E-state index in [1.807, 2.05) is 0 Å². The molecule has 0 spiro atoms. The SMILES string of the molecule is Cc1nc(SC(F)c2cccc(F)c2F)ncc1I. The topological polar surface area (TPSA) is 25.8 Å². The van der Waals surface area contributed by atoms with Gasteiger partial charge in [0.25, 0.3) is 0 Å². The lowest BCUT2D eigenvalue weighted by molar-refractivity contribution is 0.430. The van der Waals surface area contributed by atoms with Gasteiger partial charge in [0.05, 0.1) is 9.26 Å². The Morgan fingerprint density at radius 1 is 1.32 bits per heavy atom.